The molecule has 0 heterocycles. The summed E-state index contributed by atoms with van der Waals surface area (Å²) in [7, 11) is 1.59. The SMILES string of the molecule is COc1ccccc1C(Cc1ccccc1)C[N+](=O)[O-]. The Hall–Kier alpha value is -2.36. The molecule has 0 N–H and O–H groups in total. The van der Waals surface area contributed by atoms with Gasteiger partial charge in [-0.3, -0.25) is 10.1 Å². The number of ether oxygens (including phenoxy) is 1. The lowest BCUT2D eigenvalue weighted by Crippen LogP contribution is -2.16. The number of benzene rings is 2. The third kappa shape index (κ3) is 3.57. The van der Waals surface area contributed by atoms with Gasteiger partial charge in [-0.2, -0.15) is 0 Å². The van der Waals surface area contributed by atoms with Crippen LogP contribution >= 0.6 is 0 Å². The third-order valence-electron chi connectivity index (χ3n) is 3.27. The zero-order chi connectivity index (χ0) is 14.4. The van der Waals surface area contributed by atoms with E-state index in [0.717, 1.165) is 11.1 Å². The first-order valence-electron chi connectivity index (χ1n) is 6.49. The summed E-state index contributed by atoms with van der Waals surface area (Å²) in [5.74, 6) is 0.513. The number of hydrogen-bond acceptors (Lipinski definition) is 3. The second-order valence-electron chi connectivity index (χ2n) is 4.64. The van der Waals surface area contributed by atoms with Crippen LogP contribution < -0.4 is 4.74 Å². The van der Waals surface area contributed by atoms with Gasteiger partial charge in [0.05, 0.1) is 13.0 Å². The fourth-order valence-electron chi connectivity index (χ4n) is 2.36. The van der Waals surface area contributed by atoms with Crippen molar-refractivity contribution in [1.29, 1.82) is 0 Å². The summed E-state index contributed by atoms with van der Waals surface area (Å²) < 4.78 is 5.32. The summed E-state index contributed by atoms with van der Waals surface area (Å²) in [5.41, 5.74) is 1.97. The molecule has 0 spiro atoms. The molecule has 1 atom stereocenters. The van der Waals surface area contributed by atoms with Crippen LogP contribution in [0.15, 0.2) is 54.6 Å². The van der Waals surface area contributed by atoms with Crippen LogP contribution in [0.1, 0.15) is 17.0 Å². The maximum absolute atomic E-state index is 10.9. The van der Waals surface area contributed by atoms with E-state index in [4.69, 9.17) is 4.74 Å². The molecule has 1 unspecified atom stereocenters. The van der Waals surface area contributed by atoms with E-state index < -0.39 is 0 Å². The summed E-state index contributed by atoms with van der Waals surface area (Å²) in [6, 6.07) is 17.3. The Kier molecular flexibility index (Phi) is 4.71. The molecule has 20 heavy (non-hydrogen) atoms. The molecule has 2 rings (SSSR count). The van der Waals surface area contributed by atoms with Gasteiger partial charge in [-0.1, -0.05) is 48.5 Å². The number of rotatable bonds is 6. The van der Waals surface area contributed by atoms with Crippen molar-refractivity contribution in [2.75, 3.05) is 13.7 Å². The van der Waals surface area contributed by atoms with Gasteiger partial charge in [-0.15, -0.1) is 0 Å². The van der Waals surface area contributed by atoms with Crippen molar-refractivity contribution in [1.82, 2.24) is 0 Å². The van der Waals surface area contributed by atoms with Gasteiger partial charge in [-0.25, -0.2) is 0 Å². The summed E-state index contributed by atoms with van der Waals surface area (Å²) in [6.07, 6.45) is 0.627. The molecule has 0 fully saturated rings. The van der Waals surface area contributed by atoms with Crippen molar-refractivity contribution >= 4 is 0 Å². The molecular formula is C16H17NO3. The lowest BCUT2D eigenvalue weighted by Gasteiger charge is -2.16. The molecule has 0 saturated heterocycles. The second-order valence-corrected chi connectivity index (χ2v) is 4.64. The van der Waals surface area contributed by atoms with E-state index in [-0.39, 0.29) is 17.4 Å². The quantitative estimate of drug-likeness (QED) is 0.598. The fraction of sp³-hybridized carbons (Fsp3) is 0.250. The second kappa shape index (κ2) is 6.70. The number of hydrogen-bond donors (Lipinski definition) is 0. The Morgan fingerprint density at radius 2 is 1.75 bits per heavy atom. The Morgan fingerprint density at radius 3 is 2.40 bits per heavy atom. The number of nitrogens with zero attached hydrogens (tertiary/aromatic N) is 1. The smallest absolute Gasteiger partial charge is 0.211 e. The molecule has 0 aliphatic heterocycles. The predicted octanol–water partition coefficient (Wildman–Crippen LogP) is 3.30. The first kappa shape index (κ1) is 14.1. The predicted molar refractivity (Wildman–Crippen MR) is 77.7 cm³/mol. The minimum atomic E-state index is -0.264. The molecule has 0 saturated carbocycles. The van der Waals surface area contributed by atoms with Crippen LogP contribution in [-0.4, -0.2) is 18.6 Å². The molecule has 0 aliphatic rings. The minimum Gasteiger partial charge on any atom is -0.496 e. The maximum atomic E-state index is 10.9. The van der Waals surface area contributed by atoms with E-state index in [1.54, 1.807) is 7.11 Å². The van der Waals surface area contributed by atoms with Gasteiger partial charge in [-0.05, 0) is 18.1 Å². The van der Waals surface area contributed by atoms with E-state index in [2.05, 4.69) is 0 Å². The van der Waals surface area contributed by atoms with Crippen molar-refractivity contribution in [2.24, 2.45) is 0 Å². The fourth-order valence-corrected chi connectivity index (χ4v) is 2.36. The molecular weight excluding hydrogens is 254 g/mol. The molecule has 104 valence electrons. The van der Waals surface area contributed by atoms with Crippen LogP contribution in [0.2, 0.25) is 0 Å². The van der Waals surface area contributed by atoms with E-state index in [1.165, 1.54) is 0 Å². The standard InChI is InChI=1S/C16H17NO3/c1-20-16-10-6-5-9-15(16)14(12-17(18)19)11-13-7-3-2-4-8-13/h2-10,14H,11-12H2,1H3. The number of nitro groups is 1. The van der Waals surface area contributed by atoms with Gasteiger partial charge >= 0.3 is 0 Å². The van der Waals surface area contributed by atoms with Crippen LogP contribution in [0.5, 0.6) is 5.75 Å². The average Bonchev–Trinajstić information content (AvgIpc) is 2.47. The average molecular weight is 271 g/mol. The molecule has 2 aromatic carbocycles. The minimum absolute atomic E-state index is 0.102. The molecule has 4 nitrogen and oxygen atoms in total. The monoisotopic (exact) mass is 271 g/mol. The third-order valence-corrected chi connectivity index (χ3v) is 3.27. The largest absolute Gasteiger partial charge is 0.496 e. The van der Waals surface area contributed by atoms with Crippen molar-refractivity contribution in [3.8, 4) is 5.75 Å². The van der Waals surface area contributed by atoms with Gasteiger partial charge in [0, 0.05) is 10.5 Å². The normalized spacial score (nSPS) is 11.8. The zero-order valence-electron chi connectivity index (χ0n) is 11.4. The first-order valence-corrected chi connectivity index (χ1v) is 6.49. The van der Waals surface area contributed by atoms with Crippen molar-refractivity contribution in [3.63, 3.8) is 0 Å². The summed E-state index contributed by atoms with van der Waals surface area (Å²) >= 11 is 0. The highest BCUT2D eigenvalue weighted by Crippen LogP contribution is 2.29. The van der Waals surface area contributed by atoms with Crippen molar-refractivity contribution in [3.05, 3.63) is 75.8 Å². The summed E-state index contributed by atoms with van der Waals surface area (Å²) in [4.78, 5) is 10.7. The number of methoxy groups -OCH3 is 1. The lowest BCUT2D eigenvalue weighted by molar-refractivity contribution is -0.483. The molecule has 2 aromatic rings. The van der Waals surface area contributed by atoms with E-state index in [1.807, 2.05) is 54.6 Å². The molecule has 0 radical (unpaired) electrons. The van der Waals surface area contributed by atoms with Gasteiger partial charge in [0.25, 0.3) is 0 Å². The van der Waals surface area contributed by atoms with E-state index >= 15 is 0 Å². The highest BCUT2D eigenvalue weighted by Gasteiger charge is 2.21. The van der Waals surface area contributed by atoms with Crippen molar-refractivity contribution in [2.45, 2.75) is 12.3 Å². The van der Waals surface area contributed by atoms with Crippen LogP contribution in [0.3, 0.4) is 0 Å². The Bertz CT molecular complexity index is 569. The van der Waals surface area contributed by atoms with E-state index in [0.29, 0.717) is 12.2 Å². The van der Waals surface area contributed by atoms with Gasteiger partial charge in [0.1, 0.15) is 5.75 Å². The Balaban J connectivity index is 2.29. The van der Waals surface area contributed by atoms with Crippen LogP contribution in [-0.2, 0) is 6.42 Å². The Morgan fingerprint density at radius 1 is 1.10 bits per heavy atom. The highest BCUT2D eigenvalue weighted by atomic mass is 16.6. The van der Waals surface area contributed by atoms with Crippen LogP contribution in [0.25, 0.3) is 0 Å². The molecule has 0 amide bonds. The topological polar surface area (TPSA) is 52.4 Å². The lowest BCUT2D eigenvalue weighted by atomic mass is 9.91. The van der Waals surface area contributed by atoms with Crippen LogP contribution in [0.4, 0.5) is 0 Å². The zero-order valence-corrected chi connectivity index (χ0v) is 11.4. The van der Waals surface area contributed by atoms with Gasteiger partial charge in [0.2, 0.25) is 6.54 Å². The maximum Gasteiger partial charge on any atom is 0.211 e. The molecule has 0 bridgehead atoms. The first-order chi connectivity index (χ1) is 9.70. The Labute approximate surface area is 118 Å². The van der Waals surface area contributed by atoms with Gasteiger partial charge < -0.3 is 4.74 Å². The van der Waals surface area contributed by atoms with E-state index in [9.17, 15) is 10.1 Å². The summed E-state index contributed by atoms with van der Waals surface area (Å²) in [6.45, 7) is -0.102. The van der Waals surface area contributed by atoms with Gasteiger partial charge in [0.15, 0.2) is 0 Å². The highest BCUT2D eigenvalue weighted by molar-refractivity contribution is 5.37. The molecule has 0 aromatic heterocycles. The molecule has 4 heteroatoms. The van der Waals surface area contributed by atoms with Crippen molar-refractivity contribution < 1.29 is 9.66 Å². The summed E-state index contributed by atoms with van der Waals surface area (Å²) in [5, 5.41) is 10.9. The van der Waals surface area contributed by atoms with Crippen LogP contribution in [0, 0.1) is 10.1 Å². The molecule has 0 aliphatic carbocycles. The number of para-hydroxylation sites is 1.